The van der Waals surface area contributed by atoms with Crippen molar-refractivity contribution < 1.29 is 13.2 Å². The fourth-order valence-corrected chi connectivity index (χ4v) is 5.65. The lowest BCUT2D eigenvalue weighted by atomic mass is 10.1. The third-order valence-corrected chi connectivity index (χ3v) is 7.00. The number of carbonyl (C=O) groups is 1. The van der Waals surface area contributed by atoms with Crippen molar-refractivity contribution in [3.05, 3.63) is 52.0 Å². The monoisotopic (exact) mass is 417 g/mol. The second-order valence-electron chi connectivity index (χ2n) is 6.84. The molecule has 0 fully saturated rings. The van der Waals surface area contributed by atoms with E-state index in [4.69, 9.17) is 0 Å². The number of carbonyl (C=O) groups excluding carboxylic acids is 1. The fraction of sp³-hybridized carbons (Fsp3) is 0.300. The van der Waals surface area contributed by atoms with Gasteiger partial charge in [-0.3, -0.25) is 4.79 Å². The molecule has 6 nitrogen and oxygen atoms in total. The van der Waals surface area contributed by atoms with Gasteiger partial charge < -0.3 is 5.32 Å². The average molecular weight is 418 g/mol. The Morgan fingerprint density at radius 1 is 1.07 bits per heavy atom. The summed E-state index contributed by atoms with van der Waals surface area (Å²) in [6.45, 7) is 7.45. The molecule has 1 aromatic heterocycles. The molecular formula is C20H23N3O3S2. The predicted molar refractivity (Wildman–Crippen MR) is 113 cm³/mol. The van der Waals surface area contributed by atoms with Crippen LogP contribution in [0.1, 0.15) is 28.1 Å². The number of nitrogens with zero attached hydrogens (tertiary/aromatic N) is 1. The number of amides is 1. The van der Waals surface area contributed by atoms with E-state index >= 15 is 0 Å². The number of nitrogens with one attached hydrogen (secondary N) is 2. The van der Waals surface area contributed by atoms with E-state index in [9.17, 15) is 13.2 Å². The van der Waals surface area contributed by atoms with Crippen molar-refractivity contribution in [2.75, 3.05) is 11.9 Å². The molecule has 3 rings (SSSR count). The number of rotatable bonds is 6. The standard InChI is InChI=1S/C20H23N3O3S2/c1-12-9-13(2)20(14(3)10-12)28(25,26)21-8-7-19(24)23-16-5-6-17-18(11-16)27-15(4)22-17/h5-6,9-11,21H,7-8H2,1-4H3,(H,23,24). The van der Waals surface area contributed by atoms with Gasteiger partial charge in [0, 0.05) is 18.7 Å². The first-order chi connectivity index (χ1) is 13.2. The molecule has 8 heteroatoms. The summed E-state index contributed by atoms with van der Waals surface area (Å²) in [5.74, 6) is -0.249. The van der Waals surface area contributed by atoms with Crippen molar-refractivity contribution in [3.63, 3.8) is 0 Å². The van der Waals surface area contributed by atoms with Gasteiger partial charge in [-0.1, -0.05) is 17.7 Å². The van der Waals surface area contributed by atoms with Crippen molar-refractivity contribution in [1.29, 1.82) is 0 Å². The van der Waals surface area contributed by atoms with Crippen molar-refractivity contribution in [2.45, 2.75) is 39.0 Å². The molecular weight excluding hydrogens is 394 g/mol. The third-order valence-electron chi connectivity index (χ3n) is 4.30. The molecule has 2 aromatic carbocycles. The minimum Gasteiger partial charge on any atom is -0.326 e. The molecule has 28 heavy (non-hydrogen) atoms. The van der Waals surface area contributed by atoms with Crippen LogP contribution >= 0.6 is 11.3 Å². The van der Waals surface area contributed by atoms with Crippen molar-refractivity contribution >= 4 is 43.2 Å². The summed E-state index contributed by atoms with van der Waals surface area (Å²) in [4.78, 5) is 16.9. The van der Waals surface area contributed by atoms with Gasteiger partial charge in [-0.25, -0.2) is 18.1 Å². The predicted octanol–water partition coefficient (Wildman–Crippen LogP) is 3.84. The number of sulfonamides is 1. The molecule has 2 N–H and O–H groups in total. The second-order valence-corrected chi connectivity index (χ2v) is 9.78. The SMILES string of the molecule is Cc1cc(C)c(S(=O)(=O)NCCC(=O)Nc2ccc3nc(C)sc3c2)c(C)c1. The first-order valence-corrected chi connectivity index (χ1v) is 11.2. The van der Waals surface area contributed by atoms with Gasteiger partial charge in [-0.15, -0.1) is 11.3 Å². The molecule has 0 spiro atoms. The molecule has 0 saturated carbocycles. The zero-order valence-electron chi connectivity index (χ0n) is 16.3. The summed E-state index contributed by atoms with van der Waals surface area (Å²) in [5, 5.41) is 3.77. The van der Waals surface area contributed by atoms with Gasteiger partial charge in [-0.05, 0) is 57.0 Å². The summed E-state index contributed by atoms with van der Waals surface area (Å²) < 4.78 is 28.8. The smallest absolute Gasteiger partial charge is 0.241 e. The first kappa shape index (κ1) is 20.4. The van der Waals surface area contributed by atoms with Crippen LogP contribution in [0, 0.1) is 27.7 Å². The van der Waals surface area contributed by atoms with Gasteiger partial charge >= 0.3 is 0 Å². The van der Waals surface area contributed by atoms with Crippen LogP contribution in [0.2, 0.25) is 0 Å². The normalized spacial score (nSPS) is 11.7. The summed E-state index contributed by atoms with van der Waals surface area (Å²) in [6, 6.07) is 9.21. The highest BCUT2D eigenvalue weighted by atomic mass is 32.2. The van der Waals surface area contributed by atoms with Gasteiger partial charge in [0.1, 0.15) is 0 Å². The maximum atomic E-state index is 12.6. The van der Waals surface area contributed by atoms with E-state index in [0.717, 1.165) is 20.8 Å². The Kier molecular flexibility index (Phi) is 5.83. The molecule has 0 unspecified atom stereocenters. The van der Waals surface area contributed by atoms with E-state index < -0.39 is 10.0 Å². The summed E-state index contributed by atoms with van der Waals surface area (Å²) >= 11 is 1.56. The molecule has 0 radical (unpaired) electrons. The summed E-state index contributed by atoms with van der Waals surface area (Å²) in [7, 11) is -3.67. The van der Waals surface area contributed by atoms with Gasteiger partial charge in [0.25, 0.3) is 0 Å². The Morgan fingerprint density at radius 2 is 1.75 bits per heavy atom. The summed E-state index contributed by atoms with van der Waals surface area (Å²) in [6.07, 6.45) is 0.0446. The van der Waals surface area contributed by atoms with Crippen LogP contribution < -0.4 is 10.0 Å². The number of fused-ring (bicyclic) bond motifs is 1. The molecule has 0 atom stereocenters. The third kappa shape index (κ3) is 4.57. The van der Waals surface area contributed by atoms with E-state index in [1.165, 1.54) is 0 Å². The van der Waals surface area contributed by atoms with E-state index in [1.807, 2.05) is 38.1 Å². The molecule has 0 aliphatic rings. The molecule has 3 aromatic rings. The Labute approximate surface area is 169 Å². The van der Waals surface area contributed by atoms with E-state index in [-0.39, 0.29) is 23.8 Å². The van der Waals surface area contributed by atoms with Crippen molar-refractivity contribution in [3.8, 4) is 0 Å². The molecule has 1 amide bonds. The first-order valence-electron chi connectivity index (χ1n) is 8.90. The lowest BCUT2D eigenvalue weighted by Gasteiger charge is -2.13. The topological polar surface area (TPSA) is 88.2 Å². The maximum absolute atomic E-state index is 12.6. The number of benzene rings is 2. The zero-order valence-corrected chi connectivity index (χ0v) is 17.9. The van der Waals surface area contributed by atoms with Crippen LogP contribution in [0.25, 0.3) is 10.2 Å². The van der Waals surface area contributed by atoms with Gasteiger partial charge in [0.2, 0.25) is 15.9 Å². The van der Waals surface area contributed by atoms with Gasteiger partial charge in [0.15, 0.2) is 0 Å². The van der Waals surface area contributed by atoms with Crippen LogP contribution in [0.5, 0.6) is 0 Å². The minimum atomic E-state index is -3.67. The Bertz CT molecular complexity index is 1130. The molecule has 1 heterocycles. The molecule has 148 valence electrons. The highest BCUT2D eigenvalue weighted by Gasteiger charge is 2.19. The van der Waals surface area contributed by atoms with E-state index in [1.54, 1.807) is 31.3 Å². The largest absolute Gasteiger partial charge is 0.326 e. The zero-order chi connectivity index (χ0) is 20.5. The number of anilines is 1. The van der Waals surface area contributed by atoms with Crippen LogP contribution in [0.15, 0.2) is 35.2 Å². The summed E-state index contributed by atoms with van der Waals surface area (Å²) in [5.41, 5.74) is 3.98. The number of hydrogen-bond acceptors (Lipinski definition) is 5. The number of aromatic nitrogens is 1. The van der Waals surface area contributed by atoms with Crippen LogP contribution in [0.4, 0.5) is 5.69 Å². The number of aryl methyl sites for hydroxylation is 4. The molecule has 0 aliphatic heterocycles. The second kappa shape index (κ2) is 7.98. The van der Waals surface area contributed by atoms with Crippen LogP contribution in [0.3, 0.4) is 0 Å². The van der Waals surface area contributed by atoms with E-state index in [0.29, 0.717) is 16.8 Å². The maximum Gasteiger partial charge on any atom is 0.241 e. The molecule has 0 bridgehead atoms. The van der Waals surface area contributed by atoms with Gasteiger partial charge in [0.05, 0.1) is 20.1 Å². The van der Waals surface area contributed by atoms with Crippen LogP contribution in [-0.4, -0.2) is 25.9 Å². The fourth-order valence-electron chi connectivity index (χ4n) is 3.30. The Morgan fingerprint density at radius 3 is 2.43 bits per heavy atom. The quantitative estimate of drug-likeness (QED) is 0.638. The lowest BCUT2D eigenvalue weighted by Crippen LogP contribution is -2.29. The number of thiazole rings is 1. The van der Waals surface area contributed by atoms with Gasteiger partial charge in [-0.2, -0.15) is 0 Å². The van der Waals surface area contributed by atoms with Crippen molar-refractivity contribution in [2.24, 2.45) is 0 Å². The Balaban J connectivity index is 1.61. The highest BCUT2D eigenvalue weighted by molar-refractivity contribution is 7.89. The average Bonchev–Trinajstić information content (AvgIpc) is 2.92. The molecule has 0 saturated heterocycles. The van der Waals surface area contributed by atoms with E-state index in [2.05, 4.69) is 15.0 Å². The lowest BCUT2D eigenvalue weighted by molar-refractivity contribution is -0.116. The highest BCUT2D eigenvalue weighted by Crippen LogP contribution is 2.25. The minimum absolute atomic E-state index is 0.0306. The molecule has 0 aliphatic carbocycles. The number of hydrogen-bond donors (Lipinski definition) is 2. The van der Waals surface area contributed by atoms with Crippen LogP contribution in [-0.2, 0) is 14.8 Å². The van der Waals surface area contributed by atoms with Crippen molar-refractivity contribution in [1.82, 2.24) is 9.71 Å². The Hall–Kier alpha value is -2.29.